The number of hydrogen-bond acceptors (Lipinski definition) is 5. The van der Waals surface area contributed by atoms with Crippen molar-refractivity contribution in [3.05, 3.63) is 35.9 Å². The Bertz CT molecular complexity index is 725. The van der Waals surface area contributed by atoms with Crippen LogP contribution in [-0.2, 0) is 26.3 Å². The third kappa shape index (κ3) is 4.98. The van der Waals surface area contributed by atoms with Crippen LogP contribution >= 0.6 is 0 Å². The molecule has 2 aliphatic rings. The summed E-state index contributed by atoms with van der Waals surface area (Å²) in [6.45, 7) is 5.84. The molecule has 0 radical (unpaired) electrons. The van der Waals surface area contributed by atoms with Crippen LogP contribution in [0.25, 0.3) is 0 Å². The van der Waals surface area contributed by atoms with Crippen molar-refractivity contribution in [2.75, 3.05) is 39.3 Å². The average Bonchev–Trinajstić information content (AvgIpc) is 2.66. The van der Waals surface area contributed by atoms with E-state index in [2.05, 4.69) is 0 Å². The molecule has 0 bridgehead atoms. The predicted molar refractivity (Wildman–Crippen MR) is 100 cm³/mol. The van der Waals surface area contributed by atoms with Crippen molar-refractivity contribution in [1.82, 2.24) is 13.5 Å². The van der Waals surface area contributed by atoms with Gasteiger partial charge >= 0.3 is 6.09 Å². The van der Waals surface area contributed by atoms with Gasteiger partial charge < -0.3 is 14.4 Å². The van der Waals surface area contributed by atoms with Gasteiger partial charge in [-0.1, -0.05) is 30.3 Å². The first-order chi connectivity index (χ1) is 12.9. The fraction of sp³-hybridized carbons (Fsp3) is 0.611. The highest BCUT2D eigenvalue weighted by atomic mass is 32.2. The molecule has 0 saturated carbocycles. The molecule has 0 N–H and O–H groups in total. The highest BCUT2D eigenvalue weighted by Crippen LogP contribution is 2.19. The first kappa shape index (κ1) is 20.1. The maximum atomic E-state index is 12.9. The predicted octanol–water partition coefficient (Wildman–Crippen LogP) is 1.29. The second-order valence-electron chi connectivity index (χ2n) is 7.01. The van der Waals surface area contributed by atoms with Crippen LogP contribution in [0.1, 0.15) is 19.4 Å². The quantitative estimate of drug-likeness (QED) is 0.765. The van der Waals surface area contributed by atoms with Gasteiger partial charge in [0.05, 0.1) is 12.2 Å². The van der Waals surface area contributed by atoms with E-state index in [4.69, 9.17) is 9.47 Å². The molecular weight excluding hydrogens is 370 g/mol. The number of ether oxygens (including phenoxy) is 2. The van der Waals surface area contributed by atoms with Gasteiger partial charge in [0, 0.05) is 39.3 Å². The number of hydrogen-bond donors (Lipinski definition) is 0. The summed E-state index contributed by atoms with van der Waals surface area (Å²) in [4.78, 5) is 13.8. The minimum atomic E-state index is -3.55. The van der Waals surface area contributed by atoms with Gasteiger partial charge in [-0.15, -0.1) is 0 Å². The van der Waals surface area contributed by atoms with Crippen LogP contribution in [-0.4, -0.2) is 79.5 Å². The number of piperazine rings is 1. The molecule has 1 amide bonds. The molecule has 2 unspecified atom stereocenters. The van der Waals surface area contributed by atoms with E-state index in [0.29, 0.717) is 26.2 Å². The van der Waals surface area contributed by atoms with Crippen molar-refractivity contribution in [2.45, 2.75) is 32.7 Å². The second-order valence-corrected chi connectivity index (χ2v) is 8.94. The first-order valence-electron chi connectivity index (χ1n) is 9.22. The molecule has 1 aromatic rings. The fourth-order valence-electron chi connectivity index (χ4n) is 3.39. The molecule has 3 rings (SSSR count). The van der Waals surface area contributed by atoms with E-state index in [1.165, 1.54) is 8.61 Å². The highest BCUT2D eigenvalue weighted by molar-refractivity contribution is 7.86. The van der Waals surface area contributed by atoms with Crippen molar-refractivity contribution < 1.29 is 22.7 Å². The van der Waals surface area contributed by atoms with E-state index < -0.39 is 16.3 Å². The Hall–Kier alpha value is -1.68. The van der Waals surface area contributed by atoms with Crippen molar-refractivity contribution >= 4 is 16.3 Å². The molecule has 8 nitrogen and oxygen atoms in total. The summed E-state index contributed by atoms with van der Waals surface area (Å²) in [5, 5.41) is 0. The Morgan fingerprint density at radius 3 is 2.22 bits per heavy atom. The zero-order valence-corrected chi connectivity index (χ0v) is 16.6. The van der Waals surface area contributed by atoms with Crippen LogP contribution in [0.5, 0.6) is 0 Å². The van der Waals surface area contributed by atoms with Gasteiger partial charge in [-0.25, -0.2) is 4.79 Å². The van der Waals surface area contributed by atoms with Crippen LogP contribution in [0.4, 0.5) is 4.79 Å². The molecule has 0 aliphatic carbocycles. The second kappa shape index (κ2) is 8.55. The lowest BCUT2D eigenvalue weighted by atomic mass is 10.2. The van der Waals surface area contributed by atoms with Crippen LogP contribution in [0, 0.1) is 0 Å². The highest BCUT2D eigenvalue weighted by Gasteiger charge is 2.37. The van der Waals surface area contributed by atoms with E-state index >= 15 is 0 Å². The molecule has 2 fully saturated rings. The van der Waals surface area contributed by atoms with E-state index in [1.807, 2.05) is 44.2 Å². The lowest BCUT2D eigenvalue weighted by Crippen LogP contribution is -2.57. The van der Waals surface area contributed by atoms with E-state index in [1.54, 1.807) is 4.90 Å². The van der Waals surface area contributed by atoms with Crippen molar-refractivity contribution in [1.29, 1.82) is 0 Å². The van der Waals surface area contributed by atoms with Gasteiger partial charge in [-0.2, -0.15) is 17.0 Å². The third-order valence-corrected chi connectivity index (χ3v) is 6.71. The number of morpholine rings is 1. The maximum Gasteiger partial charge on any atom is 0.410 e. The van der Waals surface area contributed by atoms with Gasteiger partial charge in [0.15, 0.2) is 0 Å². The number of carbonyl (C=O) groups excluding carboxylic acids is 1. The first-order valence-corrected chi connectivity index (χ1v) is 10.6. The van der Waals surface area contributed by atoms with Gasteiger partial charge in [0.25, 0.3) is 10.2 Å². The zero-order valence-electron chi connectivity index (χ0n) is 15.8. The number of carbonyl (C=O) groups is 1. The maximum absolute atomic E-state index is 12.9. The number of rotatable bonds is 4. The van der Waals surface area contributed by atoms with Gasteiger partial charge in [-0.05, 0) is 19.4 Å². The van der Waals surface area contributed by atoms with E-state index in [-0.39, 0.29) is 31.9 Å². The van der Waals surface area contributed by atoms with Crippen LogP contribution in [0.3, 0.4) is 0 Å². The summed E-state index contributed by atoms with van der Waals surface area (Å²) < 4.78 is 39.6. The molecular formula is C18H27N3O5S. The minimum Gasteiger partial charge on any atom is -0.445 e. The summed E-state index contributed by atoms with van der Waals surface area (Å²) in [5.41, 5.74) is 0.919. The summed E-state index contributed by atoms with van der Waals surface area (Å²) in [6, 6.07) is 9.46. The number of nitrogens with zero attached hydrogens (tertiary/aromatic N) is 3. The molecule has 150 valence electrons. The van der Waals surface area contributed by atoms with Crippen LogP contribution < -0.4 is 0 Å². The molecule has 0 spiro atoms. The van der Waals surface area contributed by atoms with Crippen LogP contribution in [0.15, 0.2) is 30.3 Å². The molecule has 1 aromatic carbocycles. The Balaban J connectivity index is 1.51. The summed E-state index contributed by atoms with van der Waals surface area (Å²) in [5.74, 6) is 0. The summed E-state index contributed by atoms with van der Waals surface area (Å²) in [7, 11) is -3.55. The minimum absolute atomic E-state index is 0.127. The smallest absolute Gasteiger partial charge is 0.410 e. The van der Waals surface area contributed by atoms with Crippen molar-refractivity contribution in [3.63, 3.8) is 0 Å². The molecule has 2 atom stereocenters. The zero-order chi connectivity index (χ0) is 19.4. The molecule has 0 aromatic heterocycles. The standard InChI is InChI=1S/C18H27N3O5S/c1-15-12-21(13-16(2)26-15)27(23,24)20-10-8-19(9-11-20)18(22)25-14-17-6-4-3-5-7-17/h3-7,15-16H,8-14H2,1-2H3. The van der Waals surface area contributed by atoms with Gasteiger partial charge in [-0.3, -0.25) is 0 Å². The SMILES string of the molecule is CC1CN(S(=O)(=O)N2CCN(C(=O)OCc3ccccc3)CC2)CC(C)O1. The Kier molecular flexibility index (Phi) is 6.36. The normalized spacial score (nSPS) is 25.3. The largest absolute Gasteiger partial charge is 0.445 e. The Morgan fingerprint density at radius 1 is 1.04 bits per heavy atom. The van der Waals surface area contributed by atoms with Gasteiger partial charge in [0.1, 0.15) is 6.61 Å². The molecule has 2 saturated heterocycles. The molecule has 2 heterocycles. The number of benzene rings is 1. The topological polar surface area (TPSA) is 79.4 Å². The summed E-state index contributed by atoms with van der Waals surface area (Å²) >= 11 is 0. The lowest BCUT2D eigenvalue weighted by Gasteiger charge is -2.40. The monoisotopic (exact) mass is 397 g/mol. The molecule has 9 heteroatoms. The average molecular weight is 397 g/mol. The number of amides is 1. The third-order valence-electron chi connectivity index (χ3n) is 4.74. The Morgan fingerprint density at radius 2 is 1.63 bits per heavy atom. The van der Waals surface area contributed by atoms with Crippen molar-refractivity contribution in [3.8, 4) is 0 Å². The molecule has 27 heavy (non-hydrogen) atoms. The molecule has 2 aliphatic heterocycles. The lowest BCUT2D eigenvalue weighted by molar-refractivity contribution is -0.0457. The Labute approximate surface area is 160 Å². The van der Waals surface area contributed by atoms with Gasteiger partial charge in [0.2, 0.25) is 0 Å². The van der Waals surface area contributed by atoms with E-state index in [0.717, 1.165) is 5.56 Å². The van der Waals surface area contributed by atoms with Crippen molar-refractivity contribution in [2.24, 2.45) is 0 Å². The van der Waals surface area contributed by atoms with E-state index in [9.17, 15) is 13.2 Å². The summed E-state index contributed by atoms with van der Waals surface area (Å²) in [6.07, 6.45) is -0.667. The van der Waals surface area contributed by atoms with Crippen LogP contribution in [0.2, 0.25) is 0 Å². The fourth-order valence-corrected chi connectivity index (χ4v) is 5.14.